The summed E-state index contributed by atoms with van der Waals surface area (Å²) in [6.45, 7) is 0.935. The Labute approximate surface area is 114 Å². The lowest BCUT2D eigenvalue weighted by molar-refractivity contribution is -0.124. The van der Waals surface area contributed by atoms with Gasteiger partial charge < -0.3 is 20.7 Å². The Morgan fingerprint density at radius 2 is 2.00 bits per heavy atom. The van der Waals surface area contributed by atoms with Gasteiger partial charge in [0.1, 0.15) is 6.04 Å². The smallest absolute Gasteiger partial charge is 0.239 e. The molecule has 0 aliphatic heterocycles. The molecular weight excluding hydrogens is 242 g/mol. The number of methoxy groups -OCH3 is 1. The molecule has 5 nitrogen and oxygen atoms in total. The van der Waals surface area contributed by atoms with Crippen LogP contribution in [0.5, 0.6) is 0 Å². The normalized spacial score (nSPS) is 14.2. The van der Waals surface area contributed by atoms with Gasteiger partial charge in [-0.05, 0) is 19.7 Å². The van der Waals surface area contributed by atoms with E-state index < -0.39 is 6.04 Å². The summed E-state index contributed by atoms with van der Waals surface area (Å²) in [6, 6.07) is 9.14. The molecule has 0 saturated carbocycles. The Kier molecular flexibility index (Phi) is 6.49. The maximum Gasteiger partial charge on any atom is 0.239 e. The summed E-state index contributed by atoms with van der Waals surface area (Å²) in [5.41, 5.74) is 6.80. The molecule has 3 N–H and O–H groups in total. The van der Waals surface area contributed by atoms with Crippen LogP contribution in [0.2, 0.25) is 0 Å². The molecule has 0 spiro atoms. The van der Waals surface area contributed by atoms with E-state index in [-0.39, 0.29) is 18.6 Å². The number of hydrogen-bond donors (Lipinski definition) is 2. The van der Waals surface area contributed by atoms with Crippen LogP contribution in [0.4, 0.5) is 0 Å². The number of benzene rings is 1. The van der Waals surface area contributed by atoms with Gasteiger partial charge in [0.05, 0.1) is 12.6 Å². The zero-order valence-electron chi connectivity index (χ0n) is 11.8. The van der Waals surface area contributed by atoms with Crippen LogP contribution in [0.15, 0.2) is 30.3 Å². The van der Waals surface area contributed by atoms with Crippen LogP contribution in [-0.2, 0) is 9.53 Å². The number of carbonyl (C=O) groups is 1. The van der Waals surface area contributed by atoms with E-state index in [2.05, 4.69) is 5.32 Å². The highest BCUT2D eigenvalue weighted by molar-refractivity contribution is 5.82. The van der Waals surface area contributed by atoms with Gasteiger partial charge in [0.2, 0.25) is 5.91 Å². The minimum atomic E-state index is -0.640. The number of likely N-dealkylation sites (N-methyl/N-ethyl adjacent to an activating group) is 1. The Morgan fingerprint density at radius 1 is 1.37 bits per heavy atom. The molecule has 2 atom stereocenters. The quantitative estimate of drug-likeness (QED) is 0.748. The lowest BCUT2D eigenvalue weighted by Crippen LogP contribution is -2.46. The number of ether oxygens (including phenoxy) is 1. The standard InChI is InChI=1S/C14H23N3O2/c1-17(2)9-13(11-7-5-4-6-8-11)16-14(18)12(15)10-19-3/h4-8,12-13H,9-10,15H2,1-3H3,(H,16,18). The molecule has 5 heteroatoms. The van der Waals surface area contributed by atoms with Crippen LogP contribution in [0.1, 0.15) is 11.6 Å². The Morgan fingerprint density at radius 3 is 2.53 bits per heavy atom. The van der Waals surface area contributed by atoms with Crippen molar-refractivity contribution in [3.8, 4) is 0 Å². The molecule has 2 unspecified atom stereocenters. The molecule has 106 valence electrons. The molecule has 0 aliphatic carbocycles. The van der Waals surface area contributed by atoms with Crippen molar-refractivity contribution in [3.63, 3.8) is 0 Å². The van der Waals surface area contributed by atoms with Gasteiger partial charge in [-0.2, -0.15) is 0 Å². The minimum Gasteiger partial charge on any atom is -0.383 e. The van der Waals surface area contributed by atoms with E-state index >= 15 is 0 Å². The van der Waals surface area contributed by atoms with Gasteiger partial charge in [0.15, 0.2) is 0 Å². The predicted octanol–water partition coefficient (Wildman–Crippen LogP) is 0.379. The minimum absolute atomic E-state index is 0.0772. The highest BCUT2D eigenvalue weighted by Crippen LogP contribution is 2.13. The van der Waals surface area contributed by atoms with Crippen molar-refractivity contribution in [1.29, 1.82) is 0 Å². The van der Waals surface area contributed by atoms with Crippen molar-refractivity contribution in [2.45, 2.75) is 12.1 Å². The highest BCUT2D eigenvalue weighted by Gasteiger charge is 2.19. The highest BCUT2D eigenvalue weighted by atomic mass is 16.5. The van der Waals surface area contributed by atoms with E-state index in [0.717, 1.165) is 12.1 Å². The average molecular weight is 265 g/mol. The van der Waals surface area contributed by atoms with E-state index in [1.807, 2.05) is 49.3 Å². The van der Waals surface area contributed by atoms with E-state index in [0.29, 0.717) is 0 Å². The van der Waals surface area contributed by atoms with E-state index in [9.17, 15) is 4.79 Å². The third kappa shape index (κ3) is 5.38. The predicted molar refractivity (Wildman–Crippen MR) is 75.7 cm³/mol. The zero-order chi connectivity index (χ0) is 14.3. The van der Waals surface area contributed by atoms with Gasteiger partial charge in [-0.3, -0.25) is 4.79 Å². The number of nitrogens with zero attached hydrogens (tertiary/aromatic N) is 1. The SMILES string of the molecule is COCC(N)C(=O)NC(CN(C)C)c1ccccc1. The molecule has 0 heterocycles. The number of nitrogens with one attached hydrogen (secondary N) is 1. The zero-order valence-corrected chi connectivity index (χ0v) is 11.8. The van der Waals surface area contributed by atoms with Crippen molar-refractivity contribution >= 4 is 5.91 Å². The van der Waals surface area contributed by atoms with Crippen molar-refractivity contribution in [2.24, 2.45) is 5.73 Å². The number of hydrogen-bond acceptors (Lipinski definition) is 4. The third-order valence-corrected chi connectivity index (χ3v) is 2.75. The molecule has 0 fully saturated rings. The van der Waals surface area contributed by atoms with Crippen LogP contribution < -0.4 is 11.1 Å². The fraction of sp³-hybridized carbons (Fsp3) is 0.500. The molecule has 0 radical (unpaired) electrons. The summed E-state index contributed by atoms with van der Waals surface area (Å²) in [5, 5.41) is 2.96. The summed E-state index contributed by atoms with van der Waals surface area (Å²) < 4.78 is 4.90. The van der Waals surface area contributed by atoms with Gasteiger partial charge in [-0.1, -0.05) is 30.3 Å². The first-order valence-corrected chi connectivity index (χ1v) is 6.29. The monoisotopic (exact) mass is 265 g/mol. The number of nitrogens with two attached hydrogens (primary N) is 1. The summed E-state index contributed by atoms with van der Waals surface area (Å²) in [4.78, 5) is 14.0. The summed E-state index contributed by atoms with van der Waals surface area (Å²) in [5.74, 6) is -0.197. The Bertz CT molecular complexity index is 382. The van der Waals surface area contributed by atoms with Crippen molar-refractivity contribution in [1.82, 2.24) is 10.2 Å². The van der Waals surface area contributed by atoms with Gasteiger partial charge in [-0.15, -0.1) is 0 Å². The van der Waals surface area contributed by atoms with Gasteiger partial charge in [-0.25, -0.2) is 0 Å². The summed E-state index contributed by atoms with van der Waals surface area (Å²) in [6.07, 6.45) is 0. The van der Waals surface area contributed by atoms with Crippen LogP contribution in [0.3, 0.4) is 0 Å². The number of carbonyl (C=O) groups excluding carboxylic acids is 1. The topological polar surface area (TPSA) is 67.6 Å². The number of rotatable bonds is 7. The average Bonchev–Trinajstić information content (AvgIpc) is 2.38. The first-order chi connectivity index (χ1) is 9.04. The molecule has 1 rings (SSSR count). The summed E-state index contributed by atoms with van der Waals surface area (Å²) >= 11 is 0. The molecule has 19 heavy (non-hydrogen) atoms. The lowest BCUT2D eigenvalue weighted by atomic mass is 10.1. The summed E-state index contributed by atoms with van der Waals surface area (Å²) in [7, 11) is 5.47. The molecule has 1 aromatic rings. The first kappa shape index (κ1) is 15.6. The molecule has 0 aliphatic rings. The molecule has 1 amide bonds. The maximum absolute atomic E-state index is 12.0. The Balaban J connectivity index is 2.73. The number of amides is 1. The van der Waals surface area contributed by atoms with Gasteiger partial charge in [0, 0.05) is 13.7 Å². The second kappa shape index (κ2) is 7.89. The van der Waals surface area contributed by atoms with Crippen molar-refractivity contribution in [3.05, 3.63) is 35.9 Å². The fourth-order valence-corrected chi connectivity index (χ4v) is 1.82. The molecule has 0 aromatic heterocycles. The molecule has 0 saturated heterocycles. The van der Waals surface area contributed by atoms with E-state index in [4.69, 9.17) is 10.5 Å². The molecule has 0 bridgehead atoms. The van der Waals surface area contributed by atoms with Crippen LogP contribution in [0, 0.1) is 0 Å². The Hall–Kier alpha value is -1.43. The van der Waals surface area contributed by atoms with E-state index in [1.165, 1.54) is 7.11 Å². The third-order valence-electron chi connectivity index (χ3n) is 2.75. The molecular formula is C14H23N3O2. The van der Waals surface area contributed by atoms with Crippen molar-refractivity contribution < 1.29 is 9.53 Å². The first-order valence-electron chi connectivity index (χ1n) is 6.29. The van der Waals surface area contributed by atoms with Crippen molar-refractivity contribution in [2.75, 3.05) is 34.4 Å². The lowest BCUT2D eigenvalue weighted by Gasteiger charge is -2.24. The van der Waals surface area contributed by atoms with Crippen LogP contribution >= 0.6 is 0 Å². The van der Waals surface area contributed by atoms with Crippen LogP contribution in [0.25, 0.3) is 0 Å². The maximum atomic E-state index is 12.0. The van der Waals surface area contributed by atoms with Gasteiger partial charge in [0.25, 0.3) is 0 Å². The van der Waals surface area contributed by atoms with E-state index in [1.54, 1.807) is 0 Å². The second-order valence-electron chi connectivity index (χ2n) is 4.80. The largest absolute Gasteiger partial charge is 0.383 e. The molecule has 1 aromatic carbocycles. The van der Waals surface area contributed by atoms with Gasteiger partial charge >= 0.3 is 0 Å². The fourth-order valence-electron chi connectivity index (χ4n) is 1.82. The second-order valence-corrected chi connectivity index (χ2v) is 4.80. The van der Waals surface area contributed by atoms with Crippen LogP contribution in [-0.4, -0.2) is 51.2 Å².